The molecule has 2 bridgehead atoms. The van der Waals surface area contributed by atoms with Gasteiger partial charge >= 0.3 is 0 Å². The molecular weight excluding hydrogens is 342 g/mol. The van der Waals surface area contributed by atoms with Gasteiger partial charge in [-0.15, -0.1) is 0 Å². The lowest BCUT2D eigenvalue weighted by molar-refractivity contribution is -0.136. The van der Waals surface area contributed by atoms with Crippen LogP contribution >= 0.6 is 0 Å². The Balaban J connectivity index is 1.50. The Labute approximate surface area is 160 Å². The molecule has 1 spiro atoms. The summed E-state index contributed by atoms with van der Waals surface area (Å²) in [6.45, 7) is 8.25. The van der Waals surface area contributed by atoms with Gasteiger partial charge < -0.3 is 19.5 Å². The van der Waals surface area contributed by atoms with E-state index >= 15 is 0 Å². The Morgan fingerprint density at radius 2 is 1.93 bits per heavy atom. The zero-order chi connectivity index (χ0) is 18.8. The van der Waals surface area contributed by atoms with Gasteiger partial charge in [-0.3, -0.25) is 4.79 Å². The molecule has 0 aromatic heterocycles. The van der Waals surface area contributed by atoms with Crippen molar-refractivity contribution in [3.05, 3.63) is 23.8 Å². The number of nitrogens with one attached hydrogen (secondary N) is 1. The van der Waals surface area contributed by atoms with Crippen LogP contribution in [-0.2, 0) is 9.53 Å². The van der Waals surface area contributed by atoms with Crippen LogP contribution in [0.5, 0.6) is 11.5 Å². The molecule has 5 rings (SSSR count). The fraction of sp³-hybridized carbons (Fsp3) is 0.682. The smallest absolute Gasteiger partial charge is 0.217 e. The van der Waals surface area contributed by atoms with Crippen LogP contribution in [0.3, 0.4) is 0 Å². The molecule has 4 aliphatic rings. The minimum Gasteiger partial charge on any atom is -0.486 e. The topological polar surface area (TPSA) is 56.8 Å². The van der Waals surface area contributed by atoms with Crippen LogP contribution in [0.15, 0.2) is 18.2 Å². The van der Waals surface area contributed by atoms with E-state index in [-0.39, 0.29) is 28.9 Å². The van der Waals surface area contributed by atoms with Gasteiger partial charge in [-0.2, -0.15) is 0 Å². The SMILES string of the molecule is CC(=O)N[C@H]1C(C)(C)[C@@H]2C[C@@H]3[C@@H](c4ccc5c(c4)OCCO5)OCC[C@@]31C2. The predicted molar refractivity (Wildman–Crippen MR) is 101 cm³/mol. The normalized spacial score (nSPS) is 38.3. The number of ether oxygens (including phenoxy) is 3. The molecule has 2 saturated carbocycles. The number of rotatable bonds is 2. The van der Waals surface area contributed by atoms with E-state index in [4.69, 9.17) is 14.2 Å². The van der Waals surface area contributed by atoms with Crippen molar-refractivity contribution in [1.82, 2.24) is 5.32 Å². The van der Waals surface area contributed by atoms with E-state index in [1.807, 2.05) is 6.07 Å². The number of hydrogen-bond donors (Lipinski definition) is 1. The molecule has 1 N–H and O–H groups in total. The number of carbonyl (C=O) groups excluding carboxylic acids is 1. The van der Waals surface area contributed by atoms with Crippen LogP contribution in [0.1, 0.15) is 51.7 Å². The number of fused-ring (bicyclic) bond motifs is 2. The Morgan fingerprint density at radius 3 is 2.70 bits per heavy atom. The van der Waals surface area contributed by atoms with Crippen molar-refractivity contribution in [3.63, 3.8) is 0 Å². The maximum Gasteiger partial charge on any atom is 0.217 e. The van der Waals surface area contributed by atoms with Crippen molar-refractivity contribution < 1.29 is 19.0 Å². The monoisotopic (exact) mass is 371 g/mol. The highest BCUT2D eigenvalue weighted by Gasteiger charge is 2.68. The van der Waals surface area contributed by atoms with Crippen molar-refractivity contribution in [2.24, 2.45) is 22.7 Å². The third kappa shape index (κ3) is 2.43. The highest BCUT2D eigenvalue weighted by molar-refractivity contribution is 5.73. The summed E-state index contributed by atoms with van der Waals surface area (Å²) in [6.07, 6.45) is 3.46. The molecule has 1 saturated heterocycles. The minimum absolute atomic E-state index is 0.0620. The van der Waals surface area contributed by atoms with Gasteiger partial charge in [-0.05, 0) is 59.6 Å². The van der Waals surface area contributed by atoms with Crippen molar-refractivity contribution in [1.29, 1.82) is 0 Å². The van der Waals surface area contributed by atoms with Gasteiger partial charge in [-0.25, -0.2) is 0 Å². The molecule has 27 heavy (non-hydrogen) atoms. The maximum absolute atomic E-state index is 12.0. The Hall–Kier alpha value is -1.75. The average Bonchev–Trinajstić information content (AvgIpc) is 3.14. The van der Waals surface area contributed by atoms with Crippen LogP contribution in [-0.4, -0.2) is 31.8 Å². The van der Waals surface area contributed by atoms with E-state index in [1.165, 1.54) is 18.4 Å². The summed E-state index contributed by atoms with van der Waals surface area (Å²) in [5.41, 5.74) is 1.45. The lowest BCUT2D eigenvalue weighted by Crippen LogP contribution is -2.58. The molecule has 5 heteroatoms. The molecule has 5 atom stereocenters. The number of benzene rings is 1. The van der Waals surface area contributed by atoms with Gasteiger partial charge in [0.05, 0.1) is 6.10 Å². The van der Waals surface area contributed by atoms with Gasteiger partial charge in [0, 0.05) is 19.6 Å². The Bertz CT molecular complexity index is 776. The summed E-state index contributed by atoms with van der Waals surface area (Å²) in [5.74, 6) is 2.78. The molecule has 2 aliphatic heterocycles. The van der Waals surface area contributed by atoms with Crippen LogP contribution in [0.25, 0.3) is 0 Å². The first-order chi connectivity index (χ1) is 12.9. The largest absolute Gasteiger partial charge is 0.486 e. The Morgan fingerprint density at radius 1 is 1.15 bits per heavy atom. The van der Waals surface area contributed by atoms with Crippen LogP contribution in [0.2, 0.25) is 0 Å². The first-order valence-corrected chi connectivity index (χ1v) is 10.2. The third-order valence-electron chi connectivity index (χ3n) is 7.75. The van der Waals surface area contributed by atoms with Gasteiger partial charge in [0.15, 0.2) is 11.5 Å². The van der Waals surface area contributed by atoms with Crippen molar-refractivity contribution in [3.8, 4) is 11.5 Å². The lowest BCUT2D eigenvalue weighted by atomic mass is 9.59. The quantitative estimate of drug-likeness (QED) is 0.865. The van der Waals surface area contributed by atoms with Crippen molar-refractivity contribution >= 4 is 5.91 Å². The third-order valence-corrected chi connectivity index (χ3v) is 7.75. The van der Waals surface area contributed by atoms with Crippen LogP contribution in [0, 0.1) is 22.7 Å². The molecule has 3 fully saturated rings. The molecule has 5 nitrogen and oxygen atoms in total. The molecule has 146 valence electrons. The predicted octanol–water partition coefficient (Wildman–Crippen LogP) is 3.48. The van der Waals surface area contributed by atoms with E-state index in [0.29, 0.717) is 25.0 Å². The van der Waals surface area contributed by atoms with E-state index in [0.717, 1.165) is 24.5 Å². The number of hydrogen-bond acceptors (Lipinski definition) is 4. The number of carbonyl (C=O) groups is 1. The Kier molecular flexibility index (Phi) is 3.77. The fourth-order valence-electron chi connectivity index (χ4n) is 6.56. The van der Waals surface area contributed by atoms with E-state index in [1.54, 1.807) is 6.92 Å². The summed E-state index contributed by atoms with van der Waals surface area (Å²) in [7, 11) is 0. The molecular formula is C22H29NO4. The molecule has 1 amide bonds. The summed E-state index contributed by atoms with van der Waals surface area (Å²) in [6, 6.07) is 6.45. The second-order valence-corrected chi connectivity index (χ2v) is 9.38. The maximum atomic E-state index is 12.0. The van der Waals surface area contributed by atoms with Crippen LogP contribution < -0.4 is 14.8 Å². The average molecular weight is 371 g/mol. The summed E-state index contributed by atoms with van der Waals surface area (Å²) in [5, 5.41) is 3.34. The molecule has 1 aromatic rings. The summed E-state index contributed by atoms with van der Waals surface area (Å²) < 4.78 is 17.8. The molecule has 2 aliphatic carbocycles. The summed E-state index contributed by atoms with van der Waals surface area (Å²) >= 11 is 0. The zero-order valence-corrected chi connectivity index (χ0v) is 16.4. The van der Waals surface area contributed by atoms with Crippen molar-refractivity contribution in [2.45, 2.75) is 52.2 Å². The van der Waals surface area contributed by atoms with E-state index in [2.05, 4.69) is 31.3 Å². The van der Waals surface area contributed by atoms with Crippen LogP contribution in [0.4, 0.5) is 0 Å². The first-order valence-electron chi connectivity index (χ1n) is 10.2. The fourth-order valence-corrected chi connectivity index (χ4v) is 6.56. The molecule has 1 aromatic carbocycles. The standard InChI is InChI=1S/C22H29NO4/c1-13(24)23-20-21(2,3)15-11-16-19(27-7-6-22(16,20)12-15)14-4-5-17-18(10-14)26-9-8-25-17/h4-5,10,15-16,19-20H,6-9,11-12H2,1-3H3,(H,23,24)/t15-,16-,19-,20+,22-/m1/s1. The minimum atomic E-state index is 0.0620. The highest BCUT2D eigenvalue weighted by Crippen LogP contribution is 2.70. The van der Waals surface area contributed by atoms with Gasteiger partial charge in [0.2, 0.25) is 5.91 Å². The van der Waals surface area contributed by atoms with Crippen molar-refractivity contribution in [2.75, 3.05) is 19.8 Å². The van der Waals surface area contributed by atoms with E-state index in [9.17, 15) is 4.79 Å². The molecule has 0 unspecified atom stereocenters. The summed E-state index contributed by atoms with van der Waals surface area (Å²) in [4.78, 5) is 12.0. The second kappa shape index (κ2) is 5.87. The van der Waals surface area contributed by atoms with Gasteiger partial charge in [-0.1, -0.05) is 19.9 Å². The second-order valence-electron chi connectivity index (χ2n) is 9.38. The number of amides is 1. The van der Waals surface area contributed by atoms with Gasteiger partial charge in [0.1, 0.15) is 13.2 Å². The van der Waals surface area contributed by atoms with E-state index < -0.39 is 0 Å². The highest BCUT2D eigenvalue weighted by atomic mass is 16.6. The zero-order valence-electron chi connectivity index (χ0n) is 16.4. The van der Waals surface area contributed by atoms with Gasteiger partial charge in [0.25, 0.3) is 0 Å². The first kappa shape index (κ1) is 17.4. The lowest BCUT2D eigenvalue weighted by Gasteiger charge is -2.53. The molecule has 0 radical (unpaired) electrons. The molecule has 2 heterocycles.